The van der Waals surface area contributed by atoms with Crippen molar-refractivity contribution in [3.05, 3.63) is 30.2 Å². The van der Waals surface area contributed by atoms with Gasteiger partial charge in [-0.2, -0.15) is 10.1 Å². The van der Waals surface area contributed by atoms with Crippen LogP contribution in [0.1, 0.15) is 52.1 Å². The smallest absolute Gasteiger partial charge is 0.410 e. The number of imidazole rings is 1. The summed E-state index contributed by atoms with van der Waals surface area (Å²) in [5.74, 6) is 2.11. The van der Waals surface area contributed by atoms with Crippen LogP contribution in [-0.2, 0) is 4.74 Å². The van der Waals surface area contributed by atoms with Crippen LogP contribution >= 0.6 is 0 Å². The number of nitrogens with one attached hydrogen (secondary N) is 3. The molecule has 32 heavy (non-hydrogen) atoms. The summed E-state index contributed by atoms with van der Waals surface area (Å²) < 4.78 is 7.61. The second kappa shape index (κ2) is 7.68. The molecule has 2 bridgehead atoms. The topological polar surface area (TPSA) is 112 Å². The van der Waals surface area contributed by atoms with Gasteiger partial charge in [0.25, 0.3) is 0 Å². The lowest BCUT2D eigenvalue weighted by molar-refractivity contribution is 0.00681. The highest BCUT2D eigenvalue weighted by molar-refractivity contribution is 5.70. The summed E-state index contributed by atoms with van der Waals surface area (Å²) in [4.78, 5) is 23.9. The van der Waals surface area contributed by atoms with Crippen molar-refractivity contribution < 1.29 is 9.53 Å². The molecule has 0 radical (unpaired) electrons. The Balaban J connectivity index is 1.33. The largest absolute Gasteiger partial charge is 0.444 e. The Morgan fingerprint density at radius 1 is 1.19 bits per heavy atom. The minimum atomic E-state index is -0.483. The standard InChI is InChI=1S/C22H30N8O2/c1-13-9-18(28-27-13)25-17-12-19-23-7-8-29(19)20(26-17)24-14-10-15-5-6-16(11-14)30(15)21(31)32-22(2,3)4/h7-9,12,14-16H,5-6,10-11H2,1-4H3,(H,24,26)(H2,25,27,28)/t14?,15-,16+. The van der Waals surface area contributed by atoms with E-state index in [-0.39, 0.29) is 24.2 Å². The molecule has 3 aromatic rings. The van der Waals surface area contributed by atoms with E-state index in [0.717, 1.165) is 43.0 Å². The summed E-state index contributed by atoms with van der Waals surface area (Å²) in [5.41, 5.74) is 1.29. The summed E-state index contributed by atoms with van der Waals surface area (Å²) in [5, 5.41) is 14.0. The first kappa shape index (κ1) is 20.6. The number of aromatic amines is 1. The number of rotatable bonds is 4. The summed E-state index contributed by atoms with van der Waals surface area (Å²) >= 11 is 0. The molecule has 170 valence electrons. The first-order valence-electron chi connectivity index (χ1n) is 11.2. The van der Waals surface area contributed by atoms with E-state index in [9.17, 15) is 4.79 Å². The van der Waals surface area contributed by atoms with Crippen LogP contribution in [-0.4, -0.2) is 59.3 Å². The van der Waals surface area contributed by atoms with Crippen LogP contribution in [0, 0.1) is 6.92 Å². The van der Waals surface area contributed by atoms with E-state index < -0.39 is 5.60 Å². The third-order valence-electron chi connectivity index (χ3n) is 6.02. The van der Waals surface area contributed by atoms with Crippen LogP contribution in [0.3, 0.4) is 0 Å². The quantitative estimate of drug-likeness (QED) is 0.567. The summed E-state index contributed by atoms with van der Waals surface area (Å²) in [6, 6.07) is 4.41. The molecule has 0 aromatic carbocycles. The number of carbonyl (C=O) groups excluding carboxylic acids is 1. The molecule has 2 saturated heterocycles. The van der Waals surface area contributed by atoms with E-state index >= 15 is 0 Å². The summed E-state index contributed by atoms with van der Waals surface area (Å²) in [7, 11) is 0. The molecule has 3 N–H and O–H groups in total. The fourth-order valence-corrected chi connectivity index (χ4v) is 4.79. The number of aryl methyl sites for hydroxylation is 1. The van der Waals surface area contributed by atoms with Crippen molar-refractivity contribution >= 4 is 29.3 Å². The highest BCUT2D eigenvalue weighted by Crippen LogP contribution is 2.38. The van der Waals surface area contributed by atoms with E-state index in [1.807, 2.05) is 55.3 Å². The Morgan fingerprint density at radius 2 is 1.94 bits per heavy atom. The lowest BCUT2D eigenvalue weighted by Crippen LogP contribution is -2.51. The fourth-order valence-electron chi connectivity index (χ4n) is 4.79. The third kappa shape index (κ3) is 4.09. The van der Waals surface area contributed by atoms with Gasteiger partial charge >= 0.3 is 6.09 Å². The maximum absolute atomic E-state index is 12.7. The number of piperidine rings is 1. The molecule has 5 heterocycles. The van der Waals surface area contributed by atoms with E-state index in [0.29, 0.717) is 11.6 Å². The van der Waals surface area contributed by atoms with Crippen molar-refractivity contribution in [3.63, 3.8) is 0 Å². The van der Waals surface area contributed by atoms with E-state index in [2.05, 4.69) is 25.8 Å². The predicted molar refractivity (Wildman–Crippen MR) is 121 cm³/mol. The molecule has 2 aliphatic heterocycles. The zero-order valence-electron chi connectivity index (χ0n) is 18.9. The fraction of sp³-hybridized carbons (Fsp3) is 0.545. The van der Waals surface area contributed by atoms with Gasteiger partial charge < -0.3 is 20.3 Å². The zero-order valence-corrected chi connectivity index (χ0v) is 18.9. The molecule has 0 aliphatic carbocycles. The van der Waals surface area contributed by atoms with Crippen LogP contribution in [0.5, 0.6) is 0 Å². The highest BCUT2D eigenvalue weighted by atomic mass is 16.6. The van der Waals surface area contributed by atoms with Crippen molar-refractivity contribution in [3.8, 4) is 0 Å². The van der Waals surface area contributed by atoms with Crippen molar-refractivity contribution in [1.29, 1.82) is 0 Å². The molecule has 10 nitrogen and oxygen atoms in total. The predicted octanol–water partition coefficient (Wildman–Crippen LogP) is 3.85. The molecule has 1 unspecified atom stereocenters. The van der Waals surface area contributed by atoms with Crippen molar-refractivity contribution in [2.45, 2.75) is 77.1 Å². The van der Waals surface area contributed by atoms with Gasteiger partial charge in [0.2, 0.25) is 5.95 Å². The van der Waals surface area contributed by atoms with Gasteiger partial charge in [-0.15, -0.1) is 0 Å². The minimum absolute atomic E-state index is 0.188. The SMILES string of the molecule is Cc1cc(Nc2cc3nccn3c(NC3C[C@H]4CC[C@@H](C3)N4C(=O)OC(C)(C)C)n2)n[nH]1. The van der Waals surface area contributed by atoms with Crippen LogP contribution in [0.25, 0.3) is 5.65 Å². The molecular formula is C22H30N8O2. The Morgan fingerprint density at radius 3 is 2.59 bits per heavy atom. The molecule has 3 aromatic heterocycles. The van der Waals surface area contributed by atoms with E-state index in [4.69, 9.17) is 9.72 Å². The number of hydrogen-bond acceptors (Lipinski definition) is 7. The molecule has 3 atom stereocenters. The monoisotopic (exact) mass is 438 g/mol. The van der Waals surface area contributed by atoms with Gasteiger partial charge in [-0.25, -0.2) is 9.78 Å². The zero-order chi connectivity index (χ0) is 22.5. The van der Waals surface area contributed by atoms with Gasteiger partial charge in [0.15, 0.2) is 5.82 Å². The lowest BCUT2D eigenvalue weighted by atomic mass is 9.98. The van der Waals surface area contributed by atoms with Crippen LogP contribution in [0.4, 0.5) is 22.4 Å². The number of amides is 1. The molecular weight excluding hydrogens is 408 g/mol. The van der Waals surface area contributed by atoms with Gasteiger partial charge in [0.1, 0.15) is 17.1 Å². The third-order valence-corrected chi connectivity index (χ3v) is 6.02. The number of fused-ring (bicyclic) bond motifs is 3. The molecule has 0 spiro atoms. The highest BCUT2D eigenvalue weighted by Gasteiger charge is 2.45. The van der Waals surface area contributed by atoms with Crippen LogP contribution < -0.4 is 10.6 Å². The number of carbonyl (C=O) groups is 1. The van der Waals surface area contributed by atoms with Crippen LogP contribution in [0.15, 0.2) is 24.5 Å². The first-order chi connectivity index (χ1) is 15.2. The number of anilines is 3. The van der Waals surface area contributed by atoms with Crippen molar-refractivity contribution in [2.24, 2.45) is 0 Å². The second-order valence-corrected chi connectivity index (χ2v) is 9.77. The van der Waals surface area contributed by atoms with Gasteiger partial charge in [0, 0.05) is 48.3 Å². The Bertz CT molecular complexity index is 1120. The Kier molecular flexibility index (Phi) is 4.94. The molecule has 2 aliphatic rings. The maximum Gasteiger partial charge on any atom is 0.410 e. The number of H-pyrrole nitrogens is 1. The normalized spacial score (nSPS) is 22.9. The molecule has 10 heteroatoms. The van der Waals surface area contributed by atoms with Gasteiger partial charge in [-0.3, -0.25) is 9.50 Å². The molecule has 1 amide bonds. The van der Waals surface area contributed by atoms with Crippen molar-refractivity contribution in [2.75, 3.05) is 10.6 Å². The van der Waals surface area contributed by atoms with Gasteiger partial charge in [0.05, 0.1) is 0 Å². The van der Waals surface area contributed by atoms with E-state index in [1.165, 1.54) is 0 Å². The van der Waals surface area contributed by atoms with Gasteiger partial charge in [-0.1, -0.05) is 0 Å². The number of nitrogens with zero attached hydrogens (tertiary/aromatic N) is 5. The average molecular weight is 439 g/mol. The molecule has 2 fully saturated rings. The number of ether oxygens (including phenoxy) is 1. The summed E-state index contributed by atoms with van der Waals surface area (Å²) in [6.07, 6.45) is 7.22. The summed E-state index contributed by atoms with van der Waals surface area (Å²) in [6.45, 7) is 7.69. The minimum Gasteiger partial charge on any atom is -0.444 e. The van der Waals surface area contributed by atoms with Crippen LogP contribution in [0.2, 0.25) is 0 Å². The van der Waals surface area contributed by atoms with Gasteiger partial charge in [-0.05, 0) is 53.4 Å². The lowest BCUT2D eigenvalue weighted by Gasteiger charge is -2.39. The Labute approximate surface area is 186 Å². The second-order valence-electron chi connectivity index (χ2n) is 9.77. The molecule has 5 rings (SSSR count). The average Bonchev–Trinajstić information content (AvgIpc) is 3.39. The number of aromatic nitrogens is 5. The van der Waals surface area contributed by atoms with Crippen molar-refractivity contribution in [1.82, 2.24) is 29.5 Å². The Hall–Kier alpha value is -3.30. The van der Waals surface area contributed by atoms with E-state index in [1.54, 1.807) is 6.20 Å². The number of hydrogen-bond donors (Lipinski definition) is 3. The first-order valence-corrected chi connectivity index (χ1v) is 11.2. The molecule has 0 saturated carbocycles. The maximum atomic E-state index is 12.7.